The van der Waals surface area contributed by atoms with Gasteiger partial charge in [-0.3, -0.25) is 4.79 Å². The van der Waals surface area contributed by atoms with Gasteiger partial charge in [-0.05, 0) is 26.0 Å². The zero-order valence-corrected chi connectivity index (χ0v) is 10.5. The lowest BCUT2D eigenvalue weighted by Crippen LogP contribution is -2.20. The number of nitrogens with zero attached hydrogens (tertiary/aromatic N) is 1. The molecule has 0 atom stereocenters. The van der Waals surface area contributed by atoms with Crippen LogP contribution < -0.4 is 4.90 Å². The fraction of sp³-hybridized carbons (Fsp3) is 0.364. The Morgan fingerprint density at radius 1 is 1.20 bits per heavy atom. The number of carbonyl (C=O) groups is 1. The number of fused-ring (bicyclic) bond motifs is 1. The highest BCUT2D eigenvalue weighted by molar-refractivity contribution is 7.30. The molecule has 0 aliphatic rings. The Labute approximate surface area is 97.1 Å². The van der Waals surface area contributed by atoms with Gasteiger partial charge in [-0.15, -0.1) is 22.7 Å². The van der Waals surface area contributed by atoms with E-state index in [-0.39, 0.29) is 0 Å². The predicted molar refractivity (Wildman–Crippen MR) is 68.7 cm³/mol. The van der Waals surface area contributed by atoms with E-state index in [0.29, 0.717) is 0 Å². The van der Waals surface area contributed by atoms with E-state index in [2.05, 4.69) is 24.8 Å². The second-order valence-electron chi connectivity index (χ2n) is 3.25. The lowest BCUT2D eigenvalue weighted by Gasteiger charge is -2.17. The van der Waals surface area contributed by atoms with Gasteiger partial charge in [-0.1, -0.05) is 0 Å². The average Bonchev–Trinajstić information content (AvgIpc) is 2.77. The van der Waals surface area contributed by atoms with Crippen LogP contribution in [0.2, 0.25) is 0 Å². The Morgan fingerprint density at radius 2 is 1.87 bits per heavy atom. The summed E-state index contributed by atoms with van der Waals surface area (Å²) in [6.45, 7) is 6.39. The molecule has 0 spiro atoms. The van der Waals surface area contributed by atoms with E-state index in [9.17, 15) is 4.79 Å². The second-order valence-corrected chi connectivity index (χ2v) is 5.43. The van der Waals surface area contributed by atoms with E-state index >= 15 is 0 Å². The quantitative estimate of drug-likeness (QED) is 0.759. The van der Waals surface area contributed by atoms with Crippen molar-refractivity contribution >= 4 is 43.4 Å². The van der Waals surface area contributed by atoms with Gasteiger partial charge in [0.05, 0.1) is 9.88 Å². The number of hydrogen-bond acceptors (Lipinski definition) is 4. The van der Waals surface area contributed by atoms with E-state index in [1.165, 1.54) is 14.4 Å². The van der Waals surface area contributed by atoms with E-state index < -0.39 is 0 Å². The molecule has 0 amide bonds. The van der Waals surface area contributed by atoms with E-state index in [1.54, 1.807) is 22.7 Å². The summed E-state index contributed by atoms with van der Waals surface area (Å²) < 4.78 is 2.45. The molecular weight excluding hydrogens is 226 g/mol. The summed E-state index contributed by atoms with van der Waals surface area (Å²) in [5.74, 6) is 0. The summed E-state index contributed by atoms with van der Waals surface area (Å²) in [6, 6.07) is 4.16. The highest BCUT2D eigenvalue weighted by atomic mass is 32.1. The minimum absolute atomic E-state index is 0.822. The van der Waals surface area contributed by atoms with Crippen LogP contribution in [0.3, 0.4) is 0 Å². The molecule has 0 aliphatic heterocycles. The molecule has 2 heterocycles. The van der Waals surface area contributed by atoms with E-state index in [1.807, 2.05) is 6.07 Å². The second kappa shape index (κ2) is 4.33. The third-order valence-corrected chi connectivity index (χ3v) is 4.68. The Hall–Kier alpha value is -0.870. The minimum Gasteiger partial charge on any atom is -0.364 e. The maximum Gasteiger partial charge on any atom is 0.160 e. The van der Waals surface area contributed by atoms with Crippen molar-refractivity contribution in [2.45, 2.75) is 13.8 Å². The summed E-state index contributed by atoms with van der Waals surface area (Å²) in [7, 11) is 0. The van der Waals surface area contributed by atoms with Crippen LogP contribution in [0.15, 0.2) is 12.1 Å². The van der Waals surface area contributed by atoms with Gasteiger partial charge < -0.3 is 4.90 Å². The van der Waals surface area contributed by atoms with Crippen molar-refractivity contribution in [1.29, 1.82) is 0 Å². The van der Waals surface area contributed by atoms with Gasteiger partial charge in [-0.25, -0.2) is 0 Å². The van der Waals surface area contributed by atoms with Crippen LogP contribution in [0.1, 0.15) is 23.5 Å². The number of anilines is 1. The standard InChI is InChI=1S/C11H13NOS2/c1-3-12(4-2)11-6-10-9(15-11)5-8(7-13)14-10/h5-7H,3-4H2,1-2H3. The van der Waals surface area contributed by atoms with Gasteiger partial charge in [0, 0.05) is 22.5 Å². The van der Waals surface area contributed by atoms with Crippen molar-refractivity contribution in [3.8, 4) is 0 Å². The zero-order chi connectivity index (χ0) is 10.8. The van der Waals surface area contributed by atoms with Crippen molar-refractivity contribution in [3.63, 3.8) is 0 Å². The molecule has 0 aromatic carbocycles. The van der Waals surface area contributed by atoms with Crippen molar-refractivity contribution in [1.82, 2.24) is 0 Å². The molecule has 0 unspecified atom stereocenters. The fourth-order valence-corrected chi connectivity index (χ4v) is 3.93. The number of hydrogen-bond donors (Lipinski definition) is 0. The number of rotatable bonds is 4. The van der Waals surface area contributed by atoms with Crippen LogP contribution in [0.25, 0.3) is 9.40 Å². The average molecular weight is 239 g/mol. The van der Waals surface area contributed by atoms with Gasteiger partial charge in [0.15, 0.2) is 6.29 Å². The SMILES string of the molecule is CCN(CC)c1cc2sc(C=O)cc2s1. The molecule has 0 radical (unpaired) electrons. The van der Waals surface area contributed by atoms with Crippen molar-refractivity contribution in [2.75, 3.05) is 18.0 Å². The first-order valence-electron chi connectivity index (χ1n) is 5.02. The van der Waals surface area contributed by atoms with Crippen molar-refractivity contribution in [3.05, 3.63) is 17.0 Å². The lowest BCUT2D eigenvalue weighted by atomic mass is 10.4. The summed E-state index contributed by atoms with van der Waals surface area (Å²) in [5.41, 5.74) is 0. The van der Waals surface area contributed by atoms with Crippen molar-refractivity contribution in [2.24, 2.45) is 0 Å². The molecule has 0 bridgehead atoms. The molecule has 2 aromatic rings. The summed E-state index contributed by atoms with van der Waals surface area (Å²) in [6.07, 6.45) is 0.925. The van der Waals surface area contributed by atoms with Gasteiger partial charge in [0.2, 0.25) is 0 Å². The van der Waals surface area contributed by atoms with Crippen LogP contribution >= 0.6 is 22.7 Å². The maximum atomic E-state index is 10.6. The molecule has 15 heavy (non-hydrogen) atoms. The third-order valence-electron chi connectivity index (χ3n) is 2.40. The molecule has 4 heteroatoms. The molecule has 2 nitrogen and oxygen atoms in total. The number of carbonyl (C=O) groups excluding carboxylic acids is 1. The van der Waals surface area contributed by atoms with Gasteiger partial charge in [0.25, 0.3) is 0 Å². The molecule has 0 N–H and O–H groups in total. The minimum atomic E-state index is 0.822. The Kier molecular flexibility index (Phi) is 3.07. The molecule has 0 saturated heterocycles. The topological polar surface area (TPSA) is 20.3 Å². The first-order valence-corrected chi connectivity index (χ1v) is 6.65. The molecule has 0 aliphatic carbocycles. The summed E-state index contributed by atoms with van der Waals surface area (Å²) >= 11 is 3.34. The van der Waals surface area contributed by atoms with E-state index in [0.717, 1.165) is 24.3 Å². The van der Waals surface area contributed by atoms with Gasteiger partial charge in [0.1, 0.15) is 0 Å². The van der Waals surface area contributed by atoms with Crippen LogP contribution in [0, 0.1) is 0 Å². The molecule has 80 valence electrons. The van der Waals surface area contributed by atoms with Crippen molar-refractivity contribution < 1.29 is 4.79 Å². The largest absolute Gasteiger partial charge is 0.364 e. The first kappa shape index (κ1) is 10.6. The fourth-order valence-electron chi connectivity index (χ4n) is 1.59. The highest BCUT2D eigenvalue weighted by Gasteiger charge is 2.09. The smallest absolute Gasteiger partial charge is 0.160 e. The third kappa shape index (κ3) is 1.92. The Bertz CT molecular complexity index is 436. The number of aldehydes is 1. The van der Waals surface area contributed by atoms with E-state index in [4.69, 9.17) is 0 Å². The van der Waals surface area contributed by atoms with Crippen LogP contribution in [0.5, 0.6) is 0 Å². The Morgan fingerprint density at radius 3 is 2.40 bits per heavy atom. The normalized spacial score (nSPS) is 10.8. The maximum absolute atomic E-state index is 10.6. The number of thiophene rings is 2. The first-order chi connectivity index (χ1) is 7.28. The van der Waals surface area contributed by atoms with Crippen LogP contribution in [0.4, 0.5) is 5.00 Å². The Balaban J connectivity index is 2.39. The highest BCUT2D eigenvalue weighted by Crippen LogP contribution is 2.37. The molecule has 0 saturated carbocycles. The summed E-state index contributed by atoms with van der Waals surface area (Å²) in [4.78, 5) is 13.8. The molecule has 2 aromatic heterocycles. The van der Waals surface area contributed by atoms with Gasteiger partial charge in [-0.2, -0.15) is 0 Å². The monoisotopic (exact) mass is 239 g/mol. The molecular formula is C11H13NOS2. The summed E-state index contributed by atoms with van der Waals surface area (Å²) in [5, 5.41) is 1.30. The zero-order valence-electron chi connectivity index (χ0n) is 8.82. The van der Waals surface area contributed by atoms with Gasteiger partial charge >= 0.3 is 0 Å². The predicted octanol–water partition coefficient (Wildman–Crippen LogP) is 3.62. The lowest BCUT2D eigenvalue weighted by molar-refractivity contribution is 0.112. The van der Waals surface area contributed by atoms with Crippen LogP contribution in [-0.2, 0) is 0 Å². The van der Waals surface area contributed by atoms with Crippen LogP contribution in [-0.4, -0.2) is 19.4 Å². The molecule has 2 rings (SSSR count). The molecule has 0 fully saturated rings.